The molecule has 0 aliphatic carbocycles. The van der Waals surface area contributed by atoms with Crippen LogP contribution in [0, 0.1) is 11.8 Å². The molecule has 0 aromatic heterocycles. The van der Waals surface area contributed by atoms with Crippen molar-refractivity contribution >= 4 is 22.7 Å². The first-order valence-corrected chi connectivity index (χ1v) is 14.3. The van der Waals surface area contributed by atoms with E-state index in [0.29, 0.717) is 6.42 Å². The number of fused-ring (bicyclic) bond motifs is 1. The number of rotatable bonds is 17. The highest BCUT2D eigenvalue weighted by atomic mass is 16.6. The maximum Gasteiger partial charge on any atom is 0.344 e. The zero-order valence-electron chi connectivity index (χ0n) is 23.9. The molecular weight excluding hydrogens is 476 g/mol. The summed E-state index contributed by atoms with van der Waals surface area (Å²) in [6, 6.07) is 13.9. The van der Waals surface area contributed by atoms with E-state index in [1.807, 2.05) is 42.5 Å². The lowest BCUT2D eigenvalue weighted by atomic mass is 9.90. The molecule has 2 atom stereocenters. The molecule has 0 spiro atoms. The first-order valence-electron chi connectivity index (χ1n) is 14.3. The maximum absolute atomic E-state index is 13.5. The fourth-order valence-electron chi connectivity index (χ4n) is 4.56. The van der Waals surface area contributed by atoms with Gasteiger partial charge in [0, 0.05) is 25.5 Å². The van der Waals surface area contributed by atoms with Gasteiger partial charge in [0.2, 0.25) is 0 Å². The third-order valence-corrected chi connectivity index (χ3v) is 7.09. The van der Waals surface area contributed by atoms with Crippen molar-refractivity contribution in [1.29, 1.82) is 0 Å². The monoisotopic (exact) mass is 522 g/mol. The average molecular weight is 523 g/mol. The Morgan fingerprint density at radius 2 is 1.53 bits per heavy atom. The molecule has 0 saturated heterocycles. The van der Waals surface area contributed by atoms with E-state index in [2.05, 4.69) is 23.5 Å². The third kappa shape index (κ3) is 10.1. The van der Waals surface area contributed by atoms with Crippen LogP contribution >= 0.6 is 0 Å². The van der Waals surface area contributed by atoms with Gasteiger partial charge in [0.05, 0.1) is 7.11 Å². The first-order chi connectivity index (χ1) is 18.5. The lowest BCUT2D eigenvalue weighted by Crippen LogP contribution is -2.38. The zero-order valence-corrected chi connectivity index (χ0v) is 23.9. The number of esters is 2. The minimum atomic E-state index is -1.22. The molecule has 208 valence electrons. The van der Waals surface area contributed by atoms with Gasteiger partial charge in [-0.25, -0.2) is 4.79 Å². The summed E-state index contributed by atoms with van der Waals surface area (Å²) >= 11 is 0. The van der Waals surface area contributed by atoms with Crippen LogP contribution in [-0.4, -0.2) is 32.3 Å². The van der Waals surface area contributed by atoms with Crippen molar-refractivity contribution in [3.05, 3.63) is 48.0 Å². The number of carbonyl (C=O) groups excluding carboxylic acids is 2. The summed E-state index contributed by atoms with van der Waals surface area (Å²) in [5.74, 6) is 5.92. The molecule has 0 amide bonds. The van der Waals surface area contributed by atoms with E-state index in [9.17, 15) is 9.59 Å². The molecule has 0 aliphatic rings. The molecule has 0 fully saturated rings. The minimum Gasteiger partial charge on any atom is -0.469 e. The predicted molar refractivity (Wildman–Crippen MR) is 154 cm³/mol. The molecule has 0 saturated carbocycles. The summed E-state index contributed by atoms with van der Waals surface area (Å²) in [7, 11) is 2.99. The Balaban J connectivity index is 1.91. The van der Waals surface area contributed by atoms with Crippen molar-refractivity contribution in [1.82, 2.24) is 0 Å². The highest BCUT2D eigenvalue weighted by molar-refractivity contribution is 5.92. The quantitative estimate of drug-likeness (QED) is 0.120. The lowest BCUT2D eigenvalue weighted by Gasteiger charge is -2.29. The topological polar surface area (TPSA) is 61.8 Å². The van der Waals surface area contributed by atoms with E-state index in [-0.39, 0.29) is 5.97 Å². The summed E-state index contributed by atoms with van der Waals surface area (Å²) < 4.78 is 16.5. The Hall–Kier alpha value is -2.84. The van der Waals surface area contributed by atoms with Crippen molar-refractivity contribution in [2.75, 3.05) is 14.2 Å². The van der Waals surface area contributed by atoms with Crippen molar-refractivity contribution in [3.63, 3.8) is 0 Å². The van der Waals surface area contributed by atoms with Gasteiger partial charge in [0.25, 0.3) is 0 Å². The Morgan fingerprint density at radius 3 is 2.21 bits per heavy atom. The van der Waals surface area contributed by atoms with Gasteiger partial charge in [0.1, 0.15) is 0 Å². The highest BCUT2D eigenvalue weighted by Crippen LogP contribution is 2.33. The van der Waals surface area contributed by atoms with E-state index in [1.54, 1.807) is 14.0 Å². The van der Waals surface area contributed by atoms with Crippen LogP contribution in [-0.2, 0) is 29.4 Å². The molecule has 0 radical (unpaired) electrons. The number of methoxy groups -OCH3 is 2. The van der Waals surface area contributed by atoms with Gasteiger partial charge in [-0.2, -0.15) is 0 Å². The molecule has 0 N–H and O–H groups in total. The van der Waals surface area contributed by atoms with Crippen LogP contribution in [0.3, 0.4) is 0 Å². The summed E-state index contributed by atoms with van der Waals surface area (Å²) in [6.07, 6.45) is 12.4. The Labute approximate surface area is 229 Å². The van der Waals surface area contributed by atoms with Crippen LogP contribution in [0.2, 0.25) is 0 Å². The number of ether oxygens (including phenoxy) is 3. The van der Waals surface area contributed by atoms with Gasteiger partial charge >= 0.3 is 11.9 Å². The molecule has 2 rings (SSSR count). The number of unbranched alkanes of at least 4 members (excludes halogenated alkanes) is 9. The van der Waals surface area contributed by atoms with Crippen LogP contribution in [0.15, 0.2) is 42.5 Å². The van der Waals surface area contributed by atoms with E-state index in [0.717, 1.165) is 80.5 Å². The van der Waals surface area contributed by atoms with Gasteiger partial charge in [0.15, 0.2) is 11.7 Å². The van der Waals surface area contributed by atoms with E-state index in [1.165, 1.54) is 20.0 Å². The second-order valence-electron chi connectivity index (χ2n) is 10.0. The molecule has 0 bridgehead atoms. The van der Waals surface area contributed by atoms with Crippen molar-refractivity contribution in [2.45, 2.75) is 109 Å². The van der Waals surface area contributed by atoms with E-state index < -0.39 is 17.7 Å². The van der Waals surface area contributed by atoms with E-state index >= 15 is 0 Å². The average Bonchev–Trinajstić information content (AvgIpc) is 2.94. The summed E-state index contributed by atoms with van der Waals surface area (Å²) in [4.78, 5) is 24.7. The molecule has 1 unspecified atom stereocenters. The highest BCUT2D eigenvalue weighted by Gasteiger charge is 2.39. The van der Waals surface area contributed by atoms with Crippen LogP contribution in [0.25, 0.3) is 10.8 Å². The molecule has 38 heavy (non-hydrogen) atoms. The molecule has 2 aromatic rings. The van der Waals surface area contributed by atoms with Crippen LogP contribution < -0.4 is 0 Å². The summed E-state index contributed by atoms with van der Waals surface area (Å²) in [6.45, 7) is 3.93. The Morgan fingerprint density at radius 1 is 0.868 bits per heavy atom. The van der Waals surface area contributed by atoms with Gasteiger partial charge in [-0.1, -0.05) is 106 Å². The van der Waals surface area contributed by atoms with Crippen molar-refractivity contribution < 1.29 is 23.8 Å². The van der Waals surface area contributed by atoms with Crippen LogP contribution in [0.1, 0.15) is 103 Å². The van der Waals surface area contributed by atoms with Gasteiger partial charge < -0.3 is 14.2 Å². The predicted octanol–water partition coefficient (Wildman–Crippen LogP) is 7.88. The van der Waals surface area contributed by atoms with E-state index in [4.69, 9.17) is 9.47 Å². The Kier molecular flexibility index (Phi) is 14.6. The second-order valence-corrected chi connectivity index (χ2v) is 10.0. The van der Waals surface area contributed by atoms with Crippen LogP contribution in [0.5, 0.6) is 0 Å². The largest absolute Gasteiger partial charge is 0.469 e. The normalized spacial score (nSPS) is 13.3. The minimum absolute atomic E-state index is 0.124. The number of hydrogen-bond acceptors (Lipinski definition) is 5. The molecule has 2 aromatic carbocycles. The fourth-order valence-corrected chi connectivity index (χ4v) is 4.56. The number of carbonyl (C=O) groups is 2. The van der Waals surface area contributed by atoms with Gasteiger partial charge in [-0.05, 0) is 43.4 Å². The SMILES string of the molecule is CCCCC#CC(CCCCCCCCCCC(=O)OC)OC(=O)[C@](C)(OC)c1cccc2ccccc12. The molecular formula is C33H46O5. The van der Waals surface area contributed by atoms with Crippen molar-refractivity contribution in [2.24, 2.45) is 0 Å². The lowest BCUT2D eigenvalue weighted by molar-refractivity contribution is -0.171. The third-order valence-electron chi connectivity index (χ3n) is 7.09. The fraction of sp³-hybridized carbons (Fsp3) is 0.576. The first kappa shape index (κ1) is 31.4. The number of hydrogen-bond donors (Lipinski definition) is 0. The maximum atomic E-state index is 13.5. The molecule has 5 heteroatoms. The number of benzene rings is 2. The summed E-state index contributed by atoms with van der Waals surface area (Å²) in [5.41, 5.74) is -0.426. The molecule has 0 heterocycles. The van der Waals surface area contributed by atoms with Gasteiger partial charge in [-0.15, -0.1) is 0 Å². The standard InChI is InChI=1S/C33H46O5/c1-5-6-7-14-22-28(23-15-12-10-8-9-11-13-16-26-31(34)36-3)38-32(35)33(2,37-4)30-25-19-21-27-20-17-18-24-29(27)30/h17-21,24-25,28H,5-13,15-16,23,26H2,1-4H3/t28?,33-/m1/s1. The van der Waals surface area contributed by atoms with Crippen LogP contribution in [0.4, 0.5) is 0 Å². The molecule has 0 aliphatic heterocycles. The second kappa shape index (κ2) is 17.6. The molecule has 5 nitrogen and oxygen atoms in total. The smallest absolute Gasteiger partial charge is 0.344 e. The van der Waals surface area contributed by atoms with Gasteiger partial charge in [-0.3, -0.25) is 4.79 Å². The zero-order chi connectivity index (χ0) is 27.6. The Bertz CT molecular complexity index is 1040. The van der Waals surface area contributed by atoms with Crippen molar-refractivity contribution in [3.8, 4) is 11.8 Å². The summed E-state index contributed by atoms with van der Waals surface area (Å²) in [5, 5.41) is 2.03.